The third-order valence-corrected chi connectivity index (χ3v) is 9.24. The van der Waals surface area contributed by atoms with E-state index in [1.807, 2.05) is 4.72 Å². The van der Waals surface area contributed by atoms with Crippen molar-refractivity contribution < 1.29 is 46.1 Å². The standard InChI is InChI=1S/C17H17ClFNO4.C13H16N10O5S/c1-9(2)15-16(21)20(17(22)24-15)13-8-14(11(18)7-12(13)19)23-10-5-3-4-6-10;1-22-11(7(6-14-22)10-18-21-23(2)19-10)29(25,26)20-13(24)17-12-15-8(27-3)5-9(16-12)28-4/h7-8,10H,3-6H2,1-2H3;5-6H,1-4H3,(H2,15,16,17,20,24). The Labute approximate surface area is 306 Å². The highest BCUT2D eigenvalue weighted by atomic mass is 35.5. The van der Waals surface area contributed by atoms with Crippen molar-refractivity contribution in [2.24, 2.45) is 14.1 Å². The predicted octanol–water partition coefficient (Wildman–Crippen LogP) is 3.51. The van der Waals surface area contributed by atoms with E-state index in [-0.39, 0.29) is 62.4 Å². The van der Waals surface area contributed by atoms with Gasteiger partial charge in [0, 0.05) is 13.1 Å². The summed E-state index contributed by atoms with van der Waals surface area (Å²) >= 11 is 6.04. The molecule has 0 spiro atoms. The smallest absolute Gasteiger partial charge is 0.427 e. The number of nitrogens with one attached hydrogen (secondary N) is 2. The van der Waals surface area contributed by atoms with Crippen LogP contribution in [0.2, 0.25) is 5.02 Å². The lowest BCUT2D eigenvalue weighted by atomic mass is 10.2. The summed E-state index contributed by atoms with van der Waals surface area (Å²) in [6, 6.07) is 2.60. The molecule has 1 aromatic carbocycles. The van der Waals surface area contributed by atoms with Crippen LogP contribution in [0.4, 0.5) is 25.6 Å². The first-order chi connectivity index (χ1) is 25.1. The third kappa shape index (κ3) is 8.60. The van der Waals surface area contributed by atoms with E-state index in [2.05, 4.69) is 35.8 Å². The summed E-state index contributed by atoms with van der Waals surface area (Å²) in [6.07, 6.45) is 4.25. The Hall–Kier alpha value is -5.90. The van der Waals surface area contributed by atoms with Crippen LogP contribution in [0.5, 0.6) is 17.5 Å². The zero-order valence-corrected chi connectivity index (χ0v) is 30.7. The average molecular weight is 778 g/mol. The third-order valence-electron chi connectivity index (χ3n) is 7.50. The molecule has 6 rings (SSSR count). The minimum atomic E-state index is -4.36. The number of aryl methyl sites for hydroxylation is 2. The molecule has 53 heavy (non-hydrogen) atoms. The van der Waals surface area contributed by atoms with Crippen LogP contribution < -0.4 is 29.1 Å². The van der Waals surface area contributed by atoms with Crippen LogP contribution in [-0.4, -0.2) is 86.7 Å². The van der Waals surface area contributed by atoms with Gasteiger partial charge in [0.25, 0.3) is 10.0 Å². The lowest BCUT2D eigenvalue weighted by molar-refractivity contribution is -0.114. The number of allylic oxidation sites excluding steroid dienone is 1. The molecule has 1 saturated heterocycles. The molecule has 4 amide bonds. The van der Waals surface area contributed by atoms with E-state index in [9.17, 15) is 27.2 Å². The molecule has 2 aliphatic rings. The fraction of sp³-hybridized carbons (Fsp3) is 0.367. The van der Waals surface area contributed by atoms with E-state index in [4.69, 9.17) is 30.5 Å². The van der Waals surface area contributed by atoms with Gasteiger partial charge in [-0.05, 0) is 56.4 Å². The summed E-state index contributed by atoms with van der Waals surface area (Å²) < 4.78 is 63.4. The summed E-state index contributed by atoms with van der Waals surface area (Å²) in [7, 11) is 1.27. The minimum Gasteiger partial charge on any atom is -0.489 e. The topological polar surface area (TPSA) is 237 Å². The maximum Gasteiger partial charge on any atom is 0.427 e. The fourth-order valence-corrected chi connectivity index (χ4v) is 6.52. The quantitative estimate of drug-likeness (QED) is 0.231. The highest BCUT2D eigenvalue weighted by Crippen LogP contribution is 2.37. The predicted molar refractivity (Wildman–Crippen MR) is 182 cm³/mol. The van der Waals surface area contributed by atoms with Gasteiger partial charge < -0.3 is 18.9 Å². The number of tetrazole rings is 1. The Morgan fingerprint density at radius 2 is 1.72 bits per heavy atom. The van der Waals surface area contributed by atoms with Gasteiger partial charge in [-0.1, -0.05) is 11.6 Å². The number of nitrogens with zero attached hydrogens (tertiary/aromatic N) is 9. The average Bonchev–Trinajstić information content (AvgIpc) is 3.90. The molecule has 3 aromatic heterocycles. The minimum absolute atomic E-state index is 0.00962. The molecule has 282 valence electrons. The van der Waals surface area contributed by atoms with Crippen molar-refractivity contribution >= 4 is 51.3 Å². The van der Waals surface area contributed by atoms with E-state index in [0.29, 0.717) is 10.5 Å². The number of aromatic nitrogens is 8. The summed E-state index contributed by atoms with van der Waals surface area (Å²) in [5, 5.41) is 17.3. The first kappa shape index (κ1) is 38.3. The van der Waals surface area contributed by atoms with Crippen LogP contribution in [0, 0.1) is 5.82 Å². The Kier molecular flexibility index (Phi) is 11.4. The van der Waals surface area contributed by atoms with Crippen LogP contribution in [0.15, 0.2) is 40.8 Å². The number of ether oxygens (including phenoxy) is 4. The van der Waals surface area contributed by atoms with Crippen molar-refractivity contribution in [3.63, 3.8) is 0 Å². The first-order valence-corrected chi connectivity index (χ1v) is 17.4. The van der Waals surface area contributed by atoms with Crippen molar-refractivity contribution in [3.8, 4) is 28.9 Å². The second-order valence-corrected chi connectivity index (χ2v) is 13.5. The summed E-state index contributed by atoms with van der Waals surface area (Å²) in [6.45, 7) is 3.27. The van der Waals surface area contributed by atoms with Crippen molar-refractivity contribution in [3.05, 3.63) is 46.6 Å². The molecule has 0 bridgehead atoms. The Morgan fingerprint density at radius 1 is 1.06 bits per heavy atom. The van der Waals surface area contributed by atoms with Gasteiger partial charge >= 0.3 is 18.0 Å². The maximum atomic E-state index is 14.3. The lowest BCUT2D eigenvalue weighted by Gasteiger charge is -2.18. The van der Waals surface area contributed by atoms with Crippen LogP contribution in [0.25, 0.3) is 11.4 Å². The number of hydrogen-bond donors (Lipinski definition) is 2. The normalized spacial score (nSPS) is 14.4. The molecular formula is C30H33ClFN11O9S. The molecule has 1 aliphatic carbocycles. The Morgan fingerprint density at radius 3 is 2.28 bits per heavy atom. The van der Waals surface area contributed by atoms with E-state index >= 15 is 0 Å². The van der Waals surface area contributed by atoms with Gasteiger partial charge in [0.2, 0.25) is 23.5 Å². The molecule has 2 fully saturated rings. The number of halogens is 2. The number of imide groups is 1. The number of methoxy groups -OCH3 is 2. The fourth-order valence-electron chi connectivity index (χ4n) is 5.11. The largest absolute Gasteiger partial charge is 0.489 e. The number of urea groups is 1. The van der Waals surface area contributed by atoms with E-state index < -0.39 is 33.9 Å². The van der Waals surface area contributed by atoms with Crippen LogP contribution in [-0.2, 0) is 33.7 Å². The number of cyclic esters (lactones) is 1. The number of benzene rings is 1. The number of anilines is 2. The second-order valence-electron chi connectivity index (χ2n) is 11.5. The van der Waals surface area contributed by atoms with E-state index in [1.54, 1.807) is 13.8 Å². The number of amides is 4. The van der Waals surface area contributed by atoms with Crippen LogP contribution >= 0.6 is 11.6 Å². The number of carbonyl (C=O) groups excluding carboxylic acids is 3. The van der Waals surface area contributed by atoms with Crippen molar-refractivity contribution in [1.29, 1.82) is 0 Å². The number of hydrogen-bond acceptors (Lipinski definition) is 15. The molecule has 0 atom stereocenters. The van der Waals surface area contributed by atoms with Crippen molar-refractivity contribution in [2.75, 3.05) is 24.4 Å². The molecular weight excluding hydrogens is 745 g/mol. The molecule has 23 heteroatoms. The van der Waals surface area contributed by atoms with Crippen LogP contribution in [0.1, 0.15) is 39.5 Å². The van der Waals surface area contributed by atoms with Gasteiger partial charge in [0.15, 0.2) is 10.8 Å². The Balaban J connectivity index is 0.000000208. The molecule has 20 nitrogen and oxygen atoms in total. The van der Waals surface area contributed by atoms with Gasteiger partial charge in [-0.3, -0.25) is 14.8 Å². The lowest BCUT2D eigenvalue weighted by Crippen LogP contribution is -2.36. The van der Waals surface area contributed by atoms with E-state index in [0.717, 1.165) is 41.2 Å². The van der Waals surface area contributed by atoms with Crippen molar-refractivity contribution in [1.82, 2.24) is 44.7 Å². The van der Waals surface area contributed by atoms with Gasteiger partial charge in [0.1, 0.15) is 11.6 Å². The highest BCUT2D eigenvalue weighted by molar-refractivity contribution is 7.90. The zero-order chi connectivity index (χ0) is 38.6. The van der Waals surface area contributed by atoms with Crippen LogP contribution in [0.3, 0.4) is 0 Å². The maximum absolute atomic E-state index is 14.3. The molecule has 0 unspecified atom stereocenters. The Bertz CT molecular complexity index is 2180. The molecule has 0 radical (unpaired) electrons. The zero-order valence-electron chi connectivity index (χ0n) is 29.1. The summed E-state index contributed by atoms with van der Waals surface area (Å²) in [4.78, 5) is 46.2. The summed E-state index contributed by atoms with van der Waals surface area (Å²) in [5.41, 5.74) is 0.381. The van der Waals surface area contributed by atoms with E-state index in [1.165, 1.54) is 46.6 Å². The van der Waals surface area contributed by atoms with Gasteiger partial charge in [0.05, 0.1) is 55.9 Å². The number of sulfonamides is 1. The molecule has 2 N–H and O–H groups in total. The molecule has 1 saturated carbocycles. The SMILES string of the molecule is CC(C)=C1OC(=O)N(c2cc(OC3CCCC3)c(Cl)cc2F)C1=O.COc1cc(OC)nc(NC(=O)NS(=O)(=O)c2c(-c3nnn(C)n3)cnn2C)n1. The summed E-state index contributed by atoms with van der Waals surface area (Å²) in [5.74, 6) is -1.31. The van der Waals surface area contributed by atoms with Gasteiger partial charge in [-0.15, -0.1) is 10.2 Å². The number of rotatable bonds is 9. The first-order valence-electron chi connectivity index (χ1n) is 15.6. The molecule has 4 aromatic rings. The second kappa shape index (κ2) is 15.8. The van der Waals surface area contributed by atoms with Gasteiger partial charge in [-0.2, -0.15) is 28.3 Å². The number of carbonyl (C=O) groups is 3. The van der Waals surface area contributed by atoms with Gasteiger partial charge in [-0.25, -0.2) is 23.6 Å². The molecule has 4 heterocycles. The monoisotopic (exact) mass is 777 g/mol. The molecule has 1 aliphatic heterocycles. The highest BCUT2D eigenvalue weighted by Gasteiger charge is 2.40. The van der Waals surface area contributed by atoms with Crippen molar-refractivity contribution in [2.45, 2.75) is 50.7 Å².